The largest absolute Gasteiger partial charge is 0.478 e. The van der Waals surface area contributed by atoms with Crippen LogP contribution in [0.4, 0.5) is 0 Å². The van der Waals surface area contributed by atoms with Gasteiger partial charge in [0.05, 0.1) is 13.2 Å². The van der Waals surface area contributed by atoms with Crippen LogP contribution in [0.15, 0.2) is 12.2 Å². The van der Waals surface area contributed by atoms with Crippen molar-refractivity contribution >= 4 is 13.8 Å². The fraction of sp³-hybridized carbons (Fsp3) is 0.667. The van der Waals surface area contributed by atoms with Crippen molar-refractivity contribution in [3.8, 4) is 0 Å². The SMILES string of the molecule is C=C(CC)C(=O)O.CCOP(=O)(O)OCC. The minimum atomic E-state index is -3.69. The average molecular weight is 254 g/mol. The van der Waals surface area contributed by atoms with E-state index < -0.39 is 13.8 Å². The summed E-state index contributed by atoms with van der Waals surface area (Å²) in [4.78, 5) is 18.5. The van der Waals surface area contributed by atoms with Crippen LogP contribution in [-0.2, 0) is 18.4 Å². The third-order valence-electron chi connectivity index (χ3n) is 1.31. The van der Waals surface area contributed by atoms with Crippen LogP contribution >= 0.6 is 7.82 Å². The van der Waals surface area contributed by atoms with Crippen LogP contribution in [0.25, 0.3) is 0 Å². The third-order valence-corrected chi connectivity index (χ3v) is 2.48. The first-order valence-corrected chi connectivity index (χ1v) is 6.33. The van der Waals surface area contributed by atoms with Gasteiger partial charge in [-0.2, -0.15) is 0 Å². The minimum Gasteiger partial charge on any atom is -0.478 e. The first-order chi connectivity index (χ1) is 7.30. The summed E-state index contributed by atoms with van der Waals surface area (Å²) in [6.07, 6.45) is 0.523. The Morgan fingerprint density at radius 1 is 1.25 bits per heavy atom. The van der Waals surface area contributed by atoms with Gasteiger partial charge in [0.15, 0.2) is 0 Å². The molecule has 0 aromatic carbocycles. The van der Waals surface area contributed by atoms with E-state index >= 15 is 0 Å². The van der Waals surface area contributed by atoms with Crippen LogP contribution in [-0.4, -0.2) is 29.2 Å². The molecule has 0 radical (unpaired) electrons. The quantitative estimate of drug-likeness (QED) is 0.557. The van der Waals surface area contributed by atoms with Gasteiger partial charge in [-0.25, -0.2) is 9.36 Å². The third kappa shape index (κ3) is 11.4. The lowest BCUT2D eigenvalue weighted by atomic mass is 10.2. The molecular formula is C9H19O6P. The van der Waals surface area contributed by atoms with Crippen molar-refractivity contribution in [2.24, 2.45) is 0 Å². The standard InChI is InChI=1S/C5H8O2.C4H11O4P/c1-3-4(2)5(6)7;1-3-7-9(5,6)8-4-2/h2-3H2,1H3,(H,6,7);3-4H2,1-2H3,(H,5,6). The Morgan fingerprint density at radius 2 is 1.62 bits per heavy atom. The van der Waals surface area contributed by atoms with Crippen LogP contribution in [0.1, 0.15) is 27.2 Å². The predicted molar refractivity (Wildman–Crippen MR) is 60.1 cm³/mol. The van der Waals surface area contributed by atoms with Crippen molar-refractivity contribution in [1.29, 1.82) is 0 Å². The highest BCUT2D eigenvalue weighted by atomic mass is 31.2. The molecule has 0 unspecified atom stereocenters. The van der Waals surface area contributed by atoms with Gasteiger partial charge in [0.1, 0.15) is 0 Å². The number of aliphatic carboxylic acids is 1. The fourth-order valence-electron chi connectivity index (χ4n) is 0.515. The molecule has 0 aliphatic heterocycles. The molecule has 0 atom stereocenters. The highest BCUT2D eigenvalue weighted by Crippen LogP contribution is 2.42. The van der Waals surface area contributed by atoms with Crippen LogP contribution in [0.3, 0.4) is 0 Å². The number of carboxylic acid groups (broad SMARTS) is 1. The van der Waals surface area contributed by atoms with E-state index in [1.54, 1.807) is 20.8 Å². The first-order valence-electron chi connectivity index (χ1n) is 4.83. The van der Waals surface area contributed by atoms with Crippen molar-refractivity contribution in [3.63, 3.8) is 0 Å². The summed E-state index contributed by atoms with van der Waals surface area (Å²) >= 11 is 0. The molecule has 0 aromatic rings. The monoisotopic (exact) mass is 254 g/mol. The molecule has 16 heavy (non-hydrogen) atoms. The Hall–Kier alpha value is -0.680. The molecule has 0 rings (SSSR count). The highest BCUT2D eigenvalue weighted by molar-refractivity contribution is 7.47. The molecule has 0 amide bonds. The van der Waals surface area contributed by atoms with E-state index in [4.69, 9.17) is 10.00 Å². The van der Waals surface area contributed by atoms with E-state index in [9.17, 15) is 9.36 Å². The Kier molecular flexibility index (Phi) is 10.6. The number of hydrogen-bond donors (Lipinski definition) is 2. The lowest BCUT2D eigenvalue weighted by Gasteiger charge is -2.07. The van der Waals surface area contributed by atoms with Gasteiger partial charge in [-0.3, -0.25) is 9.05 Å². The van der Waals surface area contributed by atoms with E-state index in [0.717, 1.165) is 0 Å². The smallest absolute Gasteiger partial charge is 0.472 e. The Bertz CT molecular complexity index is 253. The van der Waals surface area contributed by atoms with Crippen molar-refractivity contribution in [3.05, 3.63) is 12.2 Å². The Morgan fingerprint density at radius 3 is 1.75 bits per heavy atom. The zero-order valence-electron chi connectivity index (χ0n) is 9.80. The summed E-state index contributed by atoms with van der Waals surface area (Å²) in [5.41, 5.74) is 0.264. The van der Waals surface area contributed by atoms with E-state index in [2.05, 4.69) is 15.6 Å². The molecule has 0 saturated heterocycles. The molecule has 0 fully saturated rings. The number of phosphoric acid groups is 1. The van der Waals surface area contributed by atoms with Crippen molar-refractivity contribution < 1.29 is 28.4 Å². The maximum Gasteiger partial charge on any atom is 0.472 e. The molecule has 0 bridgehead atoms. The molecule has 6 nitrogen and oxygen atoms in total. The molecular weight excluding hydrogens is 235 g/mol. The van der Waals surface area contributed by atoms with E-state index in [1.807, 2.05) is 0 Å². The number of rotatable bonds is 6. The van der Waals surface area contributed by atoms with Crippen molar-refractivity contribution in [1.82, 2.24) is 0 Å². The summed E-state index contributed by atoms with van der Waals surface area (Å²) in [5, 5.41) is 8.08. The van der Waals surface area contributed by atoms with Crippen LogP contribution in [0.2, 0.25) is 0 Å². The predicted octanol–water partition coefficient (Wildman–Crippen LogP) is 2.20. The molecule has 0 heterocycles. The number of hydrogen-bond acceptors (Lipinski definition) is 4. The second-order valence-electron chi connectivity index (χ2n) is 2.57. The molecule has 0 spiro atoms. The first kappa shape index (κ1) is 17.7. The molecule has 2 N–H and O–H groups in total. The molecule has 0 saturated carbocycles. The van der Waals surface area contributed by atoms with Crippen LogP contribution < -0.4 is 0 Å². The van der Waals surface area contributed by atoms with Gasteiger partial charge in [0, 0.05) is 5.57 Å². The van der Waals surface area contributed by atoms with Crippen molar-refractivity contribution in [2.75, 3.05) is 13.2 Å². The number of carbonyl (C=O) groups is 1. The molecule has 0 aromatic heterocycles. The van der Waals surface area contributed by atoms with Gasteiger partial charge in [0.25, 0.3) is 0 Å². The molecule has 0 aliphatic rings. The number of carboxylic acids is 1. The van der Waals surface area contributed by atoms with Gasteiger partial charge in [-0.1, -0.05) is 13.5 Å². The van der Waals surface area contributed by atoms with E-state index in [1.165, 1.54) is 0 Å². The molecule has 7 heteroatoms. The summed E-state index contributed by atoms with van der Waals surface area (Å²) in [5.74, 6) is -0.900. The summed E-state index contributed by atoms with van der Waals surface area (Å²) in [6, 6.07) is 0. The number of phosphoric ester groups is 1. The van der Waals surface area contributed by atoms with E-state index in [-0.39, 0.29) is 18.8 Å². The lowest BCUT2D eigenvalue weighted by molar-refractivity contribution is -0.132. The average Bonchev–Trinajstić information content (AvgIpc) is 2.17. The summed E-state index contributed by atoms with van der Waals surface area (Å²) in [7, 11) is -3.69. The maximum absolute atomic E-state index is 10.5. The second kappa shape index (κ2) is 9.54. The zero-order chi connectivity index (χ0) is 13.2. The Labute approximate surface area is 95.5 Å². The Balaban J connectivity index is 0. The second-order valence-corrected chi connectivity index (χ2v) is 4.02. The maximum atomic E-state index is 10.5. The van der Waals surface area contributed by atoms with Crippen molar-refractivity contribution in [2.45, 2.75) is 27.2 Å². The lowest BCUT2D eigenvalue weighted by Crippen LogP contribution is -1.95. The van der Waals surface area contributed by atoms with Crippen LogP contribution in [0, 0.1) is 0 Å². The van der Waals surface area contributed by atoms with Crippen LogP contribution in [0.5, 0.6) is 0 Å². The topological polar surface area (TPSA) is 93.1 Å². The normalized spacial score (nSPS) is 10.2. The van der Waals surface area contributed by atoms with Gasteiger partial charge in [0.2, 0.25) is 0 Å². The minimum absolute atomic E-state index is 0.188. The van der Waals surface area contributed by atoms with Gasteiger partial charge in [-0.05, 0) is 20.3 Å². The van der Waals surface area contributed by atoms with E-state index in [0.29, 0.717) is 6.42 Å². The molecule has 96 valence electrons. The highest BCUT2D eigenvalue weighted by Gasteiger charge is 2.17. The van der Waals surface area contributed by atoms with Gasteiger partial charge < -0.3 is 10.00 Å². The fourth-order valence-corrected chi connectivity index (χ4v) is 1.24. The zero-order valence-corrected chi connectivity index (χ0v) is 10.7. The molecule has 0 aliphatic carbocycles. The van der Waals surface area contributed by atoms with Gasteiger partial charge >= 0.3 is 13.8 Å². The van der Waals surface area contributed by atoms with Gasteiger partial charge in [-0.15, -0.1) is 0 Å². The summed E-state index contributed by atoms with van der Waals surface area (Å²) in [6.45, 7) is 8.66. The summed E-state index contributed by atoms with van der Waals surface area (Å²) < 4.78 is 19.2.